The molecule has 0 heterocycles. The Hall–Kier alpha value is -3.33. The third-order valence-electron chi connectivity index (χ3n) is 10.4. The number of alkyl halides is 5. The summed E-state index contributed by atoms with van der Waals surface area (Å²) in [5, 5.41) is 14.2. The van der Waals surface area contributed by atoms with Crippen LogP contribution in [0.1, 0.15) is 73.7 Å². The van der Waals surface area contributed by atoms with E-state index in [-0.39, 0.29) is 30.4 Å². The Morgan fingerprint density at radius 1 is 0.952 bits per heavy atom. The topological polar surface area (TPSA) is 66.4 Å². The van der Waals surface area contributed by atoms with Crippen molar-refractivity contribution in [2.75, 3.05) is 5.32 Å². The van der Waals surface area contributed by atoms with Crippen LogP contribution in [0.2, 0.25) is 0 Å². The molecule has 0 bridgehead atoms. The lowest BCUT2D eigenvalue weighted by Crippen LogP contribution is -2.65. The van der Waals surface area contributed by atoms with Gasteiger partial charge in [-0.15, -0.1) is 0 Å². The molecule has 1 amide bonds. The van der Waals surface area contributed by atoms with Crippen molar-refractivity contribution in [2.45, 2.75) is 75.5 Å². The minimum atomic E-state index is -5.89. The smallest absolute Gasteiger partial charge is 0.383 e. The normalized spacial score (nSPS) is 31.2. The van der Waals surface area contributed by atoms with Crippen LogP contribution in [-0.4, -0.2) is 34.5 Å². The van der Waals surface area contributed by atoms with Gasteiger partial charge in [0.2, 0.25) is 0 Å². The Balaban J connectivity index is 1.42. The number of allylic oxidation sites excluding steroid dienone is 4. The number of hydrogen-bond donors (Lipinski definition) is 2. The van der Waals surface area contributed by atoms with Crippen LogP contribution in [0.15, 0.2) is 77.4 Å². The second kappa shape index (κ2) is 9.86. The summed E-state index contributed by atoms with van der Waals surface area (Å²) >= 11 is 0. The number of aliphatic hydroxyl groups is 1. The second-order valence-electron chi connectivity index (χ2n) is 12.4. The Labute approximate surface area is 240 Å². The number of ketones is 1. The van der Waals surface area contributed by atoms with Gasteiger partial charge in [-0.1, -0.05) is 42.8 Å². The largest absolute Gasteiger partial charge is 0.456 e. The first-order chi connectivity index (χ1) is 19.8. The van der Waals surface area contributed by atoms with Gasteiger partial charge in [-0.2, -0.15) is 22.0 Å². The molecule has 2 N–H and O–H groups in total. The minimum Gasteiger partial charge on any atom is -0.383 e. The van der Waals surface area contributed by atoms with Crippen LogP contribution in [0, 0.1) is 17.3 Å². The third kappa shape index (κ3) is 4.26. The lowest BCUT2D eigenvalue weighted by atomic mass is 9.50. The number of hydrogen-bond acceptors (Lipinski definition) is 3. The number of carbonyl (C=O) groups is 2. The molecule has 0 aliphatic heterocycles. The van der Waals surface area contributed by atoms with E-state index in [1.807, 2.05) is 6.07 Å². The first kappa shape index (κ1) is 28.8. The number of para-hydroxylation sites is 1. The molecule has 0 saturated heterocycles. The molecule has 9 heteroatoms. The average molecular weight is 586 g/mol. The maximum atomic E-state index is 15.1. The molecule has 0 aromatic heterocycles. The van der Waals surface area contributed by atoms with Crippen molar-refractivity contribution in [1.29, 1.82) is 0 Å². The van der Waals surface area contributed by atoms with Crippen LogP contribution in [0.25, 0.3) is 0 Å². The zero-order valence-corrected chi connectivity index (χ0v) is 23.1. The van der Waals surface area contributed by atoms with Crippen molar-refractivity contribution in [3.8, 4) is 0 Å². The second-order valence-corrected chi connectivity index (χ2v) is 12.4. The van der Waals surface area contributed by atoms with Crippen molar-refractivity contribution < 1.29 is 36.6 Å². The van der Waals surface area contributed by atoms with Crippen molar-refractivity contribution in [3.05, 3.63) is 88.5 Å². The van der Waals surface area contributed by atoms with E-state index in [2.05, 4.69) is 5.32 Å². The van der Waals surface area contributed by atoms with E-state index >= 15 is 8.78 Å². The lowest BCUT2D eigenvalue weighted by Gasteiger charge is -2.56. The molecule has 42 heavy (non-hydrogen) atoms. The SMILES string of the molecule is CC12CC(c3ccc(C(=O)Nc4ccccc4)cc3)C3=C4CCC(=O)C=C4CCC3[C@@H]1CC[C@@]2(O)C(F)(F)C(F)(F)F. The molecule has 0 spiro atoms. The maximum Gasteiger partial charge on any atom is 0.456 e. The van der Waals surface area contributed by atoms with E-state index in [9.17, 15) is 27.9 Å². The first-order valence-corrected chi connectivity index (χ1v) is 14.4. The highest BCUT2D eigenvalue weighted by Crippen LogP contribution is 2.70. The van der Waals surface area contributed by atoms with Crippen LogP contribution in [-0.2, 0) is 4.79 Å². The van der Waals surface area contributed by atoms with Crippen LogP contribution >= 0.6 is 0 Å². The Morgan fingerprint density at radius 3 is 2.31 bits per heavy atom. The number of halogens is 5. The van der Waals surface area contributed by atoms with Crippen molar-refractivity contribution in [3.63, 3.8) is 0 Å². The highest BCUT2D eigenvalue weighted by atomic mass is 19.4. The molecule has 4 aliphatic carbocycles. The first-order valence-electron chi connectivity index (χ1n) is 14.4. The summed E-state index contributed by atoms with van der Waals surface area (Å²) in [5.41, 5.74) is -0.408. The van der Waals surface area contributed by atoms with E-state index in [4.69, 9.17) is 0 Å². The molecule has 2 aromatic carbocycles. The van der Waals surface area contributed by atoms with Gasteiger partial charge in [0.05, 0.1) is 0 Å². The molecule has 2 fully saturated rings. The summed E-state index contributed by atoms with van der Waals surface area (Å²) in [5.74, 6) is -7.01. The van der Waals surface area contributed by atoms with E-state index in [0.717, 1.165) is 16.7 Å². The highest BCUT2D eigenvalue weighted by molar-refractivity contribution is 6.04. The number of anilines is 1. The third-order valence-corrected chi connectivity index (χ3v) is 10.4. The van der Waals surface area contributed by atoms with Crippen LogP contribution in [0.3, 0.4) is 0 Å². The molecule has 3 unspecified atom stereocenters. The fraction of sp³-hybridized carbons (Fsp3) is 0.455. The van der Waals surface area contributed by atoms with Crippen molar-refractivity contribution >= 4 is 17.4 Å². The molecular weight excluding hydrogens is 553 g/mol. The van der Waals surface area contributed by atoms with Crippen LogP contribution < -0.4 is 5.32 Å². The van der Waals surface area contributed by atoms with E-state index in [0.29, 0.717) is 42.5 Å². The summed E-state index contributed by atoms with van der Waals surface area (Å²) in [6.45, 7) is 1.40. The quantitative estimate of drug-likeness (QED) is 0.361. The van der Waals surface area contributed by atoms with Gasteiger partial charge in [-0.05, 0) is 97.4 Å². The Kier molecular flexibility index (Phi) is 6.76. The summed E-state index contributed by atoms with van der Waals surface area (Å²) in [6.07, 6.45) is -3.07. The van der Waals surface area contributed by atoms with Gasteiger partial charge < -0.3 is 10.4 Å². The lowest BCUT2D eigenvalue weighted by molar-refractivity contribution is -0.362. The summed E-state index contributed by atoms with van der Waals surface area (Å²) in [4.78, 5) is 25.1. The summed E-state index contributed by atoms with van der Waals surface area (Å²) in [6, 6.07) is 15.6. The maximum absolute atomic E-state index is 15.1. The van der Waals surface area contributed by atoms with Gasteiger partial charge in [0.1, 0.15) is 5.60 Å². The predicted molar refractivity (Wildman–Crippen MR) is 147 cm³/mol. The van der Waals surface area contributed by atoms with Gasteiger partial charge in [0.25, 0.3) is 5.91 Å². The number of nitrogens with one attached hydrogen (secondary N) is 1. The molecule has 6 rings (SSSR count). The number of rotatable bonds is 4. The molecule has 2 saturated carbocycles. The molecular formula is C33H32F5NO3. The van der Waals surface area contributed by atoms with Gasteiger partial charge in [-0.25, -0.2) is 0 Å². The van der Waals surface area contributed by atoms with Crippen LogP contribution in [0.5, 0.6) is 0 Å². The van der Waals surface area contributed by atoms with Gasteiger partial charge in [-0.3, -0.25) is 9.59 Å². The van der Waals surface area contributed by atoms with Gasteiger partial charge in [0.15, 0.2) is 5.78 Å². The highest BCUT2D eigenvalue weighted by Gasteiger charge is 2.79. The van der Waals surface area contributed by atoms with Gasteiger partial charge in [0, 0.05) is 29.0 Å². The van der Waals surface area contributed by atoms with Crippen molar-refractivity contribution in [1.82, 2.24) is 0 Å². The van der Waals surface area contributed by atoms with Crippen LogP contribution in [0.4, 0.5) is 27.6 Å². The molecule has 4 nitrogen and oxygen atoms in total. The van der Waals surface area contributed by atoms with E-state index in [1.165, 1.54) is 6.92 Å². The zero-order chi connectivity index (χ0) is 30.1. The zero-order valence-electron chi connectivity index (χ0n) is 23.1. The number of carbonyl (C=O) groups excluding carboxylic acids is 2. The average Bonchev–Trinajstić information content (AvgIpc) is 3.23. The predicted octanol–water partition coefficient (Wildman–Crippen LogP) is 7.77. The number of amides is 1. The number of benzene rings is 2. The van der Waals surface area contributed by atoms with E-state index < -0.39 is 41.4 Å². The molecule has 2 aromatic rings. The van der Waals surface area contributed by atoms with Crippen molar-refractivity contribution in [2.24, 2.45) is 17.3 Å². The number of fused-ring (bicyclic) bond motifs is 4. The standard InChI is InChI=1S/C33H32F5NO3/c1-30-18-26(19-7-9-20(10-8-19)29(41)39-22-5-3-2-4-6-22)28-24-14-12-23(40)17-21(24)11-13-25(28)27(30)15-16-31(30,42)32(34,35)33(36,37)38/h2-10,17,25-27,42H,11-16,18H2,1H3,(H,39,41)/t25?,26?,27-,30?,31-/m0/s1. The Morgan fingerprint density at radius 2 is 1.64 bits per heavy atom. The minimum absolute atomic E-state index is 0.0267. The fourth-order valence-electron chi connectivity index (χ4n) is 8.31. The molecule has 5 atom stereocenters. The molecule has 222 valence electrons. The Bertz CT molecular complexity index is 1480. The molecule has 0 radical (unpaired) electrons. The van der Waals surface area contributed by atoms with E-state index in [1.54, 1.807) is 54.6 Å². The van der Waals surface area contributed by atoms with Gasteiger partial charge >= 0.3 is 12.1 Å². The molecule has 4 aliphatic rings. The summed E-state index contributed by atoms with van der Waals surface area (Å²) in [7, 11) is 0. The summed E-state index contributed by atoms with van der Waals surface area (Å²) < 4.78 is 71.5. The fourth-order valence-corrected chi connectivity index (χ4v) is 8.31. The monoisotopic (exact) mass is 585 g/mol.